The van der Waals surface area contributed by atoms with Crippen molar-refractivity contribution in [3.63, 3.8) is 0 Å². The molecule has 0 saturated heterocycles. The molecular weight excluding hydrogens is 210 g/mol. The highest BCUT2D eigenvalue weighted by molar-refractivity contribution is 8.86. The van der Waals surface area contributed by atoms with Crippen molar-refractivity contribution in [2.45, 2.75) is 13.8 Å². The van der Waals surface area contributed by atoms with Crippen LogP contribution in [-0.4, -0.2) is 16.8 Å². The van der Waals surface area contributed by atoms with E-state index in [1.807, 2.05) is 6.92 Å². The first kappa shape index (κ1) is 8.72. The third-order valence-corrected chi connectivity index (χ3v) is 6.85. The standard InChI is InChI=1S/C7H9NOS3/c1-4-6-5(2)8-9-12(6)11-7(4)10-3/h1-3H3. The Kier molecular flexibility index (Phi) is 2.27. The SMILES string of the molecule is CSC1=C(C)C2=S(ON=C2C)S1. The van der Waals surface area contributed by atoms with Gasteiger partial charge in [-0.2, -0.15) is 0 Å². The molecule has 0 bridgehead atoms. The molecule has 2 aliphatic heterocycles. The van der Waals surface area contributed by atoms with Gasteiger partial charge in [0, 0.05) is 0 Å². The Hall–Kier alpha value is 0.130. The van der Waals surface area contributed by atoms with E-state index in [0.29, 0.717) is 0 Å². The Bertz CT molecular complexity index is 330. The fourth-order valence-electron chi connectivity index (χ4n) is 1.15. The molecule has 2 heterocycles. The van der Waals surface area contributed by atoms with Crippen molar-refractivity contribution in [1.82, 2.24) is 0 Å². The molecule has 12 heavy (non-hydrogen) atoms. The quantitative estimate of drug-likeness (QED) is 0.500. The minimum atomic E-state index is -0.123. The third kappa shape index (κ3) is 1.15. The molecule has 0 aromatic rings. The Labute approximate surface area is 82.3 Å². The fourth-order valence-corrected chi connectivity index (χ4v) is 6.45. The van der Waals surface area contributed by atoms with E-state index in [-0.39, 0.29) is 9.80 Å². The molecule has 66 valence electrons. The number of nitrogens with zero attached hydrogens (tertiary/aromatic N) is 1. The minimum Gasteiger partial charge on any atom is -0.319 e. The van der Waals surface area contributed by atoms with Crippen LogP contribution in [0.25, 0.3) is 0 Å². The molecule has 0 aromatic heterocycles. The monoisotopic (exact) mass is 219 g/mol. The van der Waals surface area contributed by atoms with E-state index >= 15 is 0 Å². The molecule has 0 saturated carbocycles. The molecule has 0 N–H and O–H groups in total. The molecule has 2 rings (SSSR count). The summed E-state index contributed by atoms with van der Waals surface area (Å²) < 4.78 is 6.66. The first-order chi connectivity index (χ1) is 5.74. The van der Waals surface area contributed by atoms with Gasteiger partial charge in [0.05, 0.1) is 24.6 Å². The number of hydrogen-bond donors (Lipinski definition) is 0. The Morgan fingerprint density at radius 1 is 1.50 bits per heavy atom. The lowest BCUT2D eigenvalue weighted by molar-refractivity contribution is 0.414. The highest BCUT2D eigenvalue weighted by Crippen LogP contribution is 2.53. The van der Waals surface area contributed by atoms with E-state index in [4.69, 9.17) is 4.28 Å². The number of rotatable bonds is 1. The molecule has 0 amide bonds. The first-order valence-corrected chi connectivity index (χ1v) is 7.22. The summed E-state index contributed by atoms with van der Waals surface area (Å²) in [4.78, 5) is 1.31. The number of oxime groups is 1. The van der Waals surface area contributed by atoms with E-state index in [1.54, 1.807) is 22.6 Å². The molecule has 0 aromatic carbocycles. The minimum absolute atomic E-state index is 0.123. The lowest BCUT2D eigenvalue weighted by atomic mass is 10.2. The van der Waals surface area contributed by atoms with Gasteiger partial charge in [-0.05, 0) is 36.5 Å². The van der Waals surface area contributed by atoms with Crippen molar-refractivity contribution in [1.29, 1.82) is 0 Å². The van der Waals surface area contributed by atoms with Gasteiger partial charge < -0.3 is 4.28 Å². The third-order valence-electron chi connectivity index (χ3n) is 1.72. The van der Waals surface area contributed by atoms with Crippen LogP contribution in [0.5, 0.6) is 0 Å². The maximum atomic E-state index is 5.28. The van der Waals surface area contributed by atoms with Crippen molar-refractivity contribution in [3.8, 4) is 0 Å². The molecule has 0 radical (unpaired) electrons. The molecule has 2 nitrogen and oxygen atoms in total. The molecule has 0 fully saturated rings. The average Bonchev–Trinajstić information content (AvgIpc) is 2.55. The zero-order chi connectivity index (χ0) is 8.72. The van der Waals surface area contributed by atoms with Gasteiger partial charge >= 0.3 is 0 Å². The molecule has 1 unspecified atom stereocenters. The maximum Gasteiger partial charge on any atom is 0.0991 e. The smallest absolute Gasteiger partial charge is 0.0991 e. The van der Waals surface area contributed by atoms with Gasteiger partial charge in [-0.1, -0.05) is 5.16 Å². The molecule has 0 aliphatic carbocycles. The summed E-state index contributed by atoms with van der Waals surface area (Å²) in [6.45, 7) is 4.16. The lowest BCUT2D eigenvalue weighted by Crippen LogP contribution is -2.05. The predicted molar refractivity (Wildman–Crippen MR) is 60.6 cm³/mol. The largest absolute Gasteiger partial charge is 0.319 e. The summed E-state index contributed by atoms with van der Waals surface area (Å²) in [7, 11) is 1.67. The van der Waals surface area contributed by atoms with Crippen LogP contribution in [-0.2, 0) is 4.28 Å². The zero-order valence-electron chi connectivity index (χ0n) is 7.08. The zero-order valence-corrected chi connectivity index (χ0v) is 9.53. The highest BCUT2D eigenvalue weighted by atomic mass is 33.1. The molecule has 1 atom stereocenters. The molecule has 0 spiro atoms. The first-order valence-electron chi connectivity index (χ1n) is 3.51. The lowest BCUT2D eigenvalue weighted by Gasteiger charge is -1.99. The Balaban J connectivity index is 2.39. The van der Waals surface area contributed by atoms with Gasteiger partial charge in [0.15, 0.2) is 0 Å². The summed E-state index contributed by atoms with van der Waals surface area (Å²) in [6, 6.07) is 0. The number of thioether (sulfide) groups is 1. The highest BCUT2D eigenvalue weighted by Gasteiger charge is 2.29. The van der Waals surface area contributed by atoms with Gasteiger partial charge in [0.25, 0.3) is 0 Å². The molecular formula is C7H9NOS3. The van der Waals surface area contributed by atoms with E-state index in [1.165, 1.54) is 14.7 Å². The summed E-state index contributed by atoms with van der Waals surface area (Å²) in [5.74, 6) is 0. The van der Waals surface area contributed by atoms with Gasteiger partial charge in [-0.3, -0.25) is 0 Å². The van der Waals surface area contributed by atoms with Gasteiger partial charge in [0.1, 0.15) is 0 Å². The van der Waals surface area contributed by atoms with Crippen LogP contribution in [0.4, 0.5) is 0 Å². The second-order valence-electron chi connectivity index (χ2n) is 2.51. The van der Waals surface area contributed by atoms with Crippen LogP contribution in [0.1, 0.15) is 13.8 Å². The predicted octanol–water partition coefficient (Wildman–Crippen LogP) is 3.01. The topological polar surface area (TPSA) is 21.6 Å². The summed E-state index contributed by atoms with van der Waals surface area (Å²) in [6.07, 6.45) is 2.10. The summed E-state index contributed by atoms with van der Waals surface area (Å²) >= 11 is 1.79. The summed E-state index contributed by atoms with van der Waals surface area (Å²) in [5.41, 5.74) is 2.40. The van der Waals surface area contributed by atoms with Gasteiger partial charge in [0.2, 0.25) is 0 Å². The number of allylic oxidation sites excluding steroid dienone is 1. The molecule has 5 heteroatoms. The van der Waals surface area contributed by atoms with Crippen molar-refractivity contribution in [3.05, 3.63) is 9.81 Å². The van der Waals surface area contributed by atoms with Crippen LogP contribution in [0.2, 0.25) is 0 Å². The van der Waals surface area contributed by atoms with Crippen molar-refractivity contribution in [2.75, 3.05) is 6.26 Å². The van der Waals surface area contributed by atoms with Crippen molar-refractivity contribution < 1.29 is 4.28 Å². The van der Waals surface area contributed by atoms with Gasteiger partial charge in [-0.15, -0.1) is 11.8 Å². The fraction of sp³-hybridized carbons (Fsp3) is 0.429. The van der Waals surface area contributed by atoms with Crippen LogP contribution in [0.15, 0.2) is 15.0 Å². The molecule has 2 aliphatic rings. The average molecular weight is 219 g/mol. The maximum absolute atomic E-state index is 5.28. The van der Waals surface area contributed by atoms with E-state index in [2.05, 4.69) is 18.3 Å². The number of hydrogen-bond acceptors (Lipinski definition) is 4. The van der Waals surface area contributed by atoms with Crippen LogP contribution < -0.4 is 0 Å². The summed E-state index contributed by atoms with van der Waals surface area (Å²) in [5, 5.41) is 3.97. The second-order valence-corrected chi connectivity index (χ2v) is 6.60. The van der Waals surface area contributed by atoms with E-state index < -0.39 is 0 Å². The Morgan fingerprint density at radius 3 is 2.83 bits per heavy atom. The van der Waals surface area contributed by atoms with Crippen molar-refractivity contribution in [2.24, 2.45) is 5.16 Å². The second kappa shape index (κ2) is 3.12. The van der Waals surface area contributed by atoms with Crippen molar-refractivity contribution >= 4 is 42.9 Å². The van der Waals surface area contributed by atoms with E-state index in [9.17, 15) is 0 Å². The van der Waals surface area contributed by atoms with Crippen LogP contribution in [0, 0.1) is 0 Å². The normalized spacial score (nSPS) is 27.4. The van der Waals surface area contributed by atoms with Crippen LogP contribution >= 0.6 is 32.4 Å². The Morgan fingerprint density at radius 2 is 2.25 bits per heavy atom. The van der Waals surface area contributed by atoms with Crippen LogP contribution in [0.3, 0.4) is 0 Å². The van der Waals surface area contributed by atoms with E-state index in [0.717, 1.165) is 5.71 Å². The van der Waals surface area contributed by atoms with Gasteiger partial charge in [-0.25, -0.2) is 0 Å².